The molecule has 0 amide bonds. The largest absolute Gasteiger partial charge is 0.489 e. The Hall–Kier alpha value is -7.38. The highest BCUT2D eigenvalue weighted by atomic mass is 16.5. The monoisotopic (exact) mass is 819 g/mol. The number of nitriles is 1. The van der Waals surface area contributed by atoms with E-state index in [1.165, 1.54) is 38.5 Å². The van der Waals surface area contributed by atoms with E-state index in [0.29, 0.717) is 36.4 Å². The van der Waals surface area contributed by atoms with Crippen molar-refractivity contribution in [3.8, 4) is 40.3 Å². The molecule has 2 aliphatic carbocycles. The molecular formula is C52H49N7O3. The van der Waals surface area contributed by atoms with Gasteiger partial charge in [0.2, 0.25) is 0 Å². The van der Waals surface area contributed by atoms with Crippen molar-refractivity contribution < 1.29 is 14.7 Å². The highest BCUT2D eigenvalue weighted by Crippen LogP contribution is 2.39. The summed E-state index contributed by atoms with van der Waals surface area (Å²) < 4.78 is 16.6. The zero-order valence-corrected chi connectivity index (χ0v) is 34.6. The quantitative estimate of drug-likeness (QED) is 0.0574. The second-order valence-corrected chi connectivity index (χ2v) is 16.1. The first kappa shape index (κ1) is 40.0. The molecule has 0 unspecified atom stereocenters. The van der Waals surface area contributed by atoms with E-state index >= 15 is 0 Å². The fraction of sp³-hybridized carbons (Fsp3) is 0.231. The third-order valence-electron chi connectivity index (χ3n) is 12.0. The van der Waals surface area contributed by atoms with Gasteiger partial charge in [0.1, 0.15) is 36.4 Å². The van der Waals surface area contributed by atoms with Crippen LogP contribution in [0.5, 0.6) is 11.5 Å². The van der Waals surface area contributed by atoms with Crippen LogP contribution >= 0.6 is 0 Å². The van der Waals surface area contributed by atoms with Crippen LogP contribution in [0.3, 0.4) is 0 Å². The lowest BCUT2D eigenvalue weighted by atomic mass is 10.1. The van der Waals surface area contributed by atoms with Crippen LogP contribution < -0.4 is 15.2 Å². The van der Waals surface area contributed by atoms with Gasteiger partial charge in [0, 0.05) is 28.8 Å². The summed E-state index contributed by atoms with van der Waals surface area (Å²) in [7, 11) is 0. The van der Waals surface area contributed by atoms with Crippen LogP contribution in [0.2, 0.25) is 0 Å². The maximum absolute atomic E-state index is 9.27. The highest BCUT2D eigenvalue weighted by molar-refractivity contribution is 6.00. The Morgan fingerprint density at radius 1 is 0.613 bits per heavy atom. The van der Waals surface area contributed by atoms with Gasteiger partial charge in [0.25, 0.3) is 0 Å². The molecule has 2 saturated carbocycles. The zero-order chi connectivity index (χ0) is 42.3. The molecule has 0 bridgehead atoms. The van der Waals surface area contributed by atoms with Crippen molar-refractivity contribution in [1.29, 1.82) is 5.26 Å². The lowest BCUT2D eigenvalue weighted by molar-refractivity contribution is 0.306. The number of nitrogens with two attached hydrogens (primary N) is 1. The molecule has 0 atom stereocenters. The number of aromatic nitrogens is 4. The molecule has 3 N–H and O–H groups in total. The predicted octanol–water partition coefficient (Wildman–Crippen LogP) is 11.8. The van der Waals surface area contributed by atoms with E-state index in [1.54, 1.807) is 0 Å². The van der Waals surface area contributed by atoms with E-state index in [-0.39, 0.29) is 5.84 Å². The predicted molar refractivity (Wildman–Crippen MR) is 244 cm³/mol. The molecule has 10 nitrogen and oxygen atoms in total. The highest BCUT2D eigenvalue weighted by Gasteiger charge is 2.25. The van der Waals surface area contributed by atoms with Crippen LogP contribution in [0, 0.1) is 11.3 Å². The van der Waals surface area contributed by atoms with Gasteiger partial charge < -0.3 is 29.5 Å². The molecule has 310 valence electrons. The third kappa shape index (κ3) is 8.75. The Morgan fingerprint density at radius 3 is 1.52 bits per heavy atom. The van der Waals surface area contributed by atoms with Gasteiger partial charge in [-0.15, -0.1) is 0 Å². The maximum Gasteiger partial charge on any atom is 0.170 e. The summed E-state index contributed by atoms with van der Waals surface area (Å²) in [6.07, 6.45) is 9.64. The fourth-order valence-corrected chi connectivity index (χ4v) is 8.84. The summed E-state index contributed by atoms with van der Waals surface area (Å²) in [5.41, 5.74) is 15.4. The number of hydrogen-bond acceptors (Lipinski definition) is 7. The summed E-state index contributed by atoms with van der Waals surface area (Å²) in [5.74, 6) is 3.68. The Balaban J connectivity index is 0.000000158. The number of fused-ring (bicyclic) bond motifs is 2. The third-order valence-corrected chi connectivity index (χ3v) is 12.0. The number of rotatable bonds is 11. The van der Waals surface area contributed by atoms with Crippen molar-refractivity contribution in [2.75, 3.05) is 0 Å². The molecule has 10 heteroatoms. The van der Waals surface area contributed by atoms with E-state index in [2.05, 4.69) is 68.9 Å². The van der Waals surface area contributed by atoms with E-state index < -0.39 is 0 Å². The Morgan fingerprint density at radius 2 is 1.06 bits per heavy atom. The average molecular weight is 820 g/mol. The van der Waals surface area contributed by atoms with Crippen LogP contribution in [0.1, 0.15) is 85.7 Å². The summed E-state index contributed by atoms with van der Waals surface area (Å²) in [4.78, 5) is 9.89. The molecule has 0 aliphatic heterocycles. The van der Waals surface area contributed by atoms with Gasteiger partial charge in [-0.3, -0.25) is 0 Å². The first-order valence-corrected chi connectivity index (χ1v) is 21.5. The minimum absolute atomic E-state index is 0.0868. The molecule has 0 radical (unpaired) electrons. The smallest absolute Gasteiger partial charge is 0.170 e. The lowest BCUT2D eigenvalue weighted by Gasteiger charge is -2.17. The molecule has 6 aromatic carbocycles. The van der Waals surface area contributed by atoms with Crippen molar-refractivity contribution in [3.63, 3.8) is 0 Å². The minimum atomic E-state index is 0.0868. The molecule has 2 aliphatic rings. The minimum Gasteiger partial charge on any atom is -0.489 e. The van der Waals surface area contributed by atoms with Crippen molar-refractivity contribution in [1.82, 2.24) is 19.1 Å². The van der Waals surface area contributed by atoms with Gasteiger partial charge in [-0.2, -0.15) is 5.26 Å². The van der Waals surface area contributed by atoms with Gasteiger partial charge in [-0.05, 0) is 122 Å². The first-order valence-electron chi connectivity index (χ1n) is 21.5. The number of benzene rings is 6. The standard InChI is InChI=1S/C26H26N4O2.C26H23N3O/c27-25(29-31)20-12-15-24-23(16-20)28-26(30(24)21-8-4-5-9-21)19-10-13-22(14-11-19)32-17-18-6-2-1-3-7-18;27-17-20-10-15-25-24(16-20)28-26(29(25)22-8-4-5-9-22)21-11-13-23(14-12-21)30-18-19-6-2-1-3-7-19/h1-3,6-7,10-16,21,31H,4-5,8-9,17H2,(H2,27,29);1-3,6-7,10-16,22H,4-5,8-9,18H2. The van der Waals surface area contributed by atoms with Gasteiger partial charge in [0.15, 0.2) is 5.84 Å². The van der Waals surface area contributed by atoms with Gasteiger partial charge in [-0.1, -0.05) is 91.5 Å². The second kappa shape index (κ2) is 18.5. The van der Waals surface area contributed by atoms with Crippen molar-refractivity contribution in [2.45, 2.75) is 76.7 Å². The number of oxime groups is 1. The number of ether oxygens (including phenoxy) is 2. The summed E-state index contributed by atoms with van der Waals surface area (Å²) in [6.45, 7) is 1.09. The summed E-state index contributed by atoms with van der Waals surface area (Å²) >= 11 is 0. The average Bonchev–Trinajstić information content (AvgIpc) is 4.18. The molecule has 62 heavy (non-hydrogen) atoms. The Bertz CT molecular complexity index is 2830. The first-order chi connectivity index (χ1) is 30.5. The fourth-order valence-electron chi connectivity index (χ4n) is 8.84. The van der Waals surface area contributed by atoms with E-state index in [4.69, 9.17) is 30.4 Å². The number of imidazole rings is 2. The topological polar surface area (TPSA) is 136 Å². The van der Waals surface area contributed by atoms with Crippen LogP contribution in [-0.4, -0.2) is 30.1 Å². The zero-order valence-electron chi connectivity index (χ0n) is 34.6. The van der Waals surface area contributed by atoms with Crippen LogP contribution in [0.15, 0.2) is 151 Å². The molecule has 2 heterocycles. The van der Waals surface area contributed by atoms with E-state index in [1.807, 2.05) is 97.1 Å². The van der Waals surface area contributed by atoms with Crippen LogP contribution in [-0.2, 0) is 13.2 Å². The summed E-state index contributed by atoms with van der Waals surface area (Å²) in [6, 6.07) is 51.4. The van der Waals surface area contributed by atoms with Gasteiger partial charge >= 0.3 is 0 Å². The Kier molecular flexibility index (Phi) is 11.9. The van der Waals surface area contributed by atoms with Gasteiger partial charge in [0.05, 0.1) is 33.7 Å². The van der Waals surface area contributed by atoms with Crippen LogP contribution in [0.4, 0.5) is 0 Å². The SMILES string of the molecule is N#Cc1ccc2c(c1)nc(-c1ccc(OCc3ccccc3)cc1)n2C1CCCC1.NC(=NO)c1ccc2c(c1)nc(-c1ccc(OCc3ccccc3)cc1)n2C1CCCC1. The second-order valence-electron chi connectivity index (χ2n) is 16.1. The molecule has 2 fully saturated rings. The number of hydrogen-bond donors (Lipinski definition) is 2. The Labute approximate surface area is 361 Å². The normalized spacial score (nSPS) is 14.5. The lowest BCUT2D eigenvalue weighted by Crippen LogP contribution is -2.12. The van der Waals surface area contributed by atoms with Crippen molar-refractivity contribution in [3.05, 3.63) is 168 Å². The molecular weight excluding hydrogens is 771 g/mol. The van der Waals surface area contributed by atoms with Crippen molar-refractivity contribution >= 4 is 27.9 Å². The molecule has 2 aromatic heterocycles. The summed E-state index contributed by atoms with van der Waals surface area (Å²) in [5, 5.41) is 21.4. The molecule has 8 aromatic rings. The van der Waals surface area contributed by atoms with E-state index in [9.17, 15) is 5.26 Å². The maximum atomic E-state index is 9.27. The molecule has 10 rings (SSSR count). The van der Waals surface area contributed by atoms with Crippen molar-refractivity contribution in [2.24, 2.45) is 10.9 Å². The number of amidine groups is 1. The molecule has 0 saturated heterocycles. The van der Waals surface area contributed by atoms with Crippen LogP contribution in [0.25, 0.3) is 44.8 Å². The molecule has 0 spiro atoms. The van der Waals surface area contributed by atoms with E-state index in [0.717, 1.165) is 80.3 Å². The van der Waals surface area contributed by atoms with Gasteiger partial charge in [-0.25, -0.2) is 9.97 Å². The number of nitrogens with zero attached hydrogens (tertiary/aromatic N) is 6.